The number of carbonyl (C=O) groups excluding carboxylic acids is 1. The van der Waals surface area contributed by atoms with E-state index in [0.29, 0.717) is 23.4 Å². The lowest BCUT2D eigenvalue weighted by molar-refractivity contribution is 0.220. The van der Waals surface area contributed by atoms with Gasteiger partial charge in [0.25, 0.3) is 0 Å². The summed E-state index contributed by atoms with van der Waals surface area (Å²) in [6.45, 7) is 1.75. The first kappa shape index (κ1) is 14.3. The third-order valence-electron chi connectivity index (χ3n) is 5.07. The van der Waals surface area contributed by atoms with Crippen LogP contribution in [0.25, 0.3) is 11.3 Å². The summed E-state index contributed by atoms with van der Waals surface area (Å²) in [5.74, 6) is 2.51. The largest absolute Gasteiger partial charge is 0.354 e. The number of benzene rings is 1. The molecular formula is C18H21N3O2. The van der Waals surface area contributed by atoms with Crippen LogP contribution in [0.5, 0.6) is 0 Å². The van der Waals surface area contributed by atoms with Gasteiger partial charge >= 0.3 is 6.03 Å². The Hall–Kier alpha value is -2.30. The first-order valence-corrected chi connectivity index (χ1v) is 8.37. The van der Waals surface area contributed by atoms with Crippen LogP contribution in [0.3, 0.4) is 0 Å². The van der Waals surface area contributed by atoms with Gasteiger partial charge in [-0.1, -0.05) is 48.3 Å². The number of hydrogen-bond donors (Lipinski definition) is 1. The second-order valence-electron chi connectivity index (χ2n) is 6.58. The monoisotopic (exact) mass is 311 g/mol. The van der Waals surface area contributed by atoms with Crippen molar-refractivity contribution in [3.05, 3.63) is 36.4 Å². The first-order valence-electron chi connectivity index (χ1n) is 8.37. The summed E-state index contributed by atoms with van der Waals surface area (Å²) in [7, 11) is 0. The minimum atomic E-state index is -0.0627. The van der Waals surface area contributed by atoms with Crippen molar-refractivity contribution in [1.29, 1.82) is 0 Å². The summed E-state index contributed by atoms with van der Waals surface area (Å²) in [6.07, 6.45) is 5.13. The van der Waals surface area contributed by atoms with Crippen molar-refractivity contribution < 1.29 is 9.32 Å². The zero-order valence-electron chi connectivity index (χ0n) is 13.1. The first-order chi connectivity index (χ1) is 11.3. The molecule has 1 aromatic carbocycles. The molecule has 0 bridgehead atoms. The van der Waals surface area contributed by atoms with Crippen LogP contribution >= 0.6 is 0 Å². The number of hydrogen-bond acceptors (Lipinski definition) is 3. The molecule has 1 aliphatic heterocycles. The Bertz CT molecular complexity index is 669. The van der Waals surface area contributed by atoms with E-state index in [1.807, 2.05) is 35.2 Å². The van der Waals surface area contributed by atoms with Crippen molar-refractivity contribution in [2.24, 2.45) is 11.8 Å². The molecule has 2 aliphatic rings. The number of urea groups is 1. The Morgan fingerprint density at radius 2 is 1.83 bits per heavy atom. The lowest BCUT2D eigenvalue weighted by Gasteiger charge is -2.22. The van der Waals surface area contributed by atoms with Crippen molar-refractivity contribution >= 4 is 11.8 Å². The van der Waals surface area contributed by atoms with Gasteiger partial charge in [-0.05, 0) is 24.7 Å². The average molecular weight is 311 g/mol. The highest BCUT2D eigenvalue weighted by Gasteiger charge is 2.36. The van der Waals surface area contributed by atoms with Crippen molar-refractivity contribution in [3.63, 3.8) is 0 Å². The van der Waals surface area contributed by atoms with Crippen LogP contribution in [0.1, 0.15) is 25.7 Å². The second-order valence-corrected chi connectivity index (χ2v) is 6.58. The van der Waals surface area contributed by atoms with Gasteiger partial charge in [0.15, 0.2) is 11.6 Å². The number of anilines is 1. The van der Waals surface area contributed by atoms with Crippen molar-refractivity contribution in [2.45, 2.75) is 25.7 Å². The Kier molecular flexibility index (Phi) is 3.77. The SMILES string of the molecule is O=C(Nc1cc(-c2ccccc2)on1)N1CC2CCCCC2C1. The van der Waals surface area contributed by atoms with Crippen LogP contribution in [-0.2, 0) is 0 Å². The quantitative estimate of drug-likeness (QED) is 0.912. The molecule has 1 aliphatic carbocycles. The fourth-order valence-corrected chi connectivity index (χ4v) is 3.83. The number of carbonyl (C=O) groups is 1. The zero-order valence-corrected chi connectivity index (χ0v) is 13.1. The summed E-state index contributed by atoms with van der Waals surface area (Å²) in [5.41, 5.74) is 0.952. The van der Waals surface area contributed by atoms with E-state index in [1.54, 1.807) is 6.07 Å². The van der Waals surface area contributed by atoms with E-state index >= 15 is 0 Å². The molecule has 5 heteroatoms. The van der Waals surface area contributed by atoms with Crippen molar-refractivity contribution in [2.75, 3.05) is 18.4 Å². The molecule has 5 nitrogen and oxygen atoms in total. The van der Waals surface area contributed by atoms with Gasteiger partial charge in [-0.15, -0.1) is 0 Å². The molecule has 2 unspecified atom stereocenters. The van der Waals surface area contributed by atoms with E-state index in [9.17, 15) is 4.79 Å². The maximum absolute atomic E-state index is 12.4. The molecule has 2 amide bonds. The van der Waals surface area contributed by atoms with Crippen molar-refractivity contribution in [3.8, 4) is 11.3 Å². The Morgan fingerprint density at radius 3 is 2.52 bits per heavy atom. The molecule has 2 aromatic rings. The summed E-state index contributed by atoms with van der Waals surface area (Å²) >= 11 is 0. The van der Waals surface area contributed by atoms with Gasteiger partial charge in [-0.3, -0.25) is 5.32 Å². The van der Waals surface area contributed by atoms with Gasteiger partial charge in [0, 0.05) is 24.7 Å². The van der Waals surface area contributed by atoms with E-state index in [-0.39, 0.29) is 6.03 Å². The van der Waals surface area contributed by atoms with E-state index < -0.39 is 0 Å². The molecule has 1 N–H and O–H groups in total. The van der Waals surface area contributed by atoms with Crippen LogP contribution in [0.2, 0.25) is 0 Å². The van der Waals surface area contributed by atoms with Crippen LogP contribution < -0.4 is 5.32 Å². The van der Waals surface area contributed by atoms with Crippen LogP contribution in [0.15, 0.2) is 40.9 Å². The number of nitrogens with one attached hydrogen (secondary N) is 1. The number of likely N-dealkylation sites (tertiary alicyclic amines) is 1. The number of rotatable bonds is 2. The average Bonchev–Trinajstić information content (AvgIpc) is 3.22. The molecule has 1 aromatic heterocycles. The molecule has 0 radical (unpaired) electrons. The van der Waals surface area contributed by atoms with Crippen LogP contribution in [-0.4, -0.2) is 29.2 Å². The van der Waals surface area contributed by atoms with Gasteiger partial charge in [0.1, 0.15) is 0 Å². The number of amides is 2. The van der Waals surface area contributed by atoms with Crippen molar-refractivity contribution in [1.82, 2.24) is 10.1 Å². The number of nitrogens with zero attached hydrogens (tertiary/aromatic N) is 2. The van der Waals surface area contributed by atoms with E-state index in [1.165, 1.54) is 25.7 Å². The molecule has 4 rings (SSSR count). The molecule has 1 saturated heterocycles. The third-order valence-corrected chi connectivity index (χ3v) is 5.07. The van der Waals surface area contributed by atoms with Gasteiger partial charge in [-0.2, -0.15) is 0 Å². The maximum atomic E-state index is 12.4. The van der Waals surface area contributed by atoms with E-state index in [0.717, 1.165) is 18.7 Å². The Morgan fingerprint density at radius 1 is 1.13 bits per heavy atom. The number of fused-ring (bicyclic) bond motifs is 1. The molecule has 0 spiro atoms. The van der Waals surface area contributed by atoms with Crippen LogP contribution in [0.4, 0.5) is 10.6 Å². The Balaban J connectivity index is 1.41. The highest BCUT2D eigenvalue weighted by Crippen LogP contribution is 2.36. The van der Waals surface area contributed by atoms with E-state index in [4.69, 9.17) is 4.52 Å². The molecule has 1 saturated carbocycles. The molecule has 2 heterocycles. The minimum Gasteiger partial charge on any atom is -0.354 e. The summed E-state index contributed by atoms with van der Waals surface area (Å²) in [4.78, 5) is 14.4. The topological polar surface area (TPSA) is 58.4 Å². The summed E-state index contributed by atoms with van der Waals surface area (Å²) in [6, 6.07) is 11.5. The lowest BCUT2D eigenvalue weighted by Crippen LogP contribution is -2.33. The van der Waals surface area contributed by atoms with Gasteiger partial charge in [0.05, 0.1) is 0 Å². The maximum Gasteiger partial charge on any atom is 0.323 e. The molecule has 2 atom stereocenters. The fourth-order valence-electron chi connectivity index (χ4n) is 3.83. The minimum absolute atomic E-state index is 0.0627. The predicted molar refractivity (Wildman–Crippen MR) is 88.0 cm³/mol. The lowest BCUT2D eigenvalue weighted by atomic mass is 9.82. The predicted octanol–water partition coefficient (Wildman–Crippen LogP) is 4.00. The highest BCUT2D eigenvalue weighted by atomic mass is 16.5. The third kappa shape index (κ3) is 2.96. The second kappa shape index (κ2) is 6.07. The van der Waals surface area contributed by atoms with Gasteiger partial charge in [-0.25, -0.2) is 4.79 Å². The standard InChI is InChI=1S/C18H21N3O2/c22-18(21-11-14-8-4-5-9-15(14)12-21)19-17-10-16(23-20-17)13-6-2-1-3-7-13/h1-3,6-7,10,14-15H,4-5,8-9,11-12H2,(H,19,20,22). The van der Waals surface area contributed by atoms with E-state index in [2.05, 4.69) is 10.5 Å². The number of aromatic nitrogens is 1. The van der Waals surface area contributed by atoms with Gasteiger partial charge < -0.3 is 9.42 Å². The summed E-state index contributed by atoms with van der Waals surface area (Å²) < 4.78 is 5.33. The Labute approximate surface area is 135 Å². The molecule has 23 heavy (non-hydrogen) atoms. The smallest absolute Gasteiger partial charge is 0.323 e. The fraction of sp³-hybridized carbons (Fsp3) is 0.444. The van der Waals surface area contributed by atoms with Crippen LogP contribution in [0, 0.1) is 11.8 Å². The zero-order chi connectivity index (χ0) is 15.6. The molecule has 120 valence electrons. The summed E-state index contributed by atoms with van der Waals surface area (Å²) in [5, 5.41) is 6.83. The molecule has 2 fully saturated rings. The highest BCUT2D eigenvalue weighted by molar-refractivity contribution is 5.89. The normalized spacial score (nSPS) is 23.6. The molecular weight excluding hydrogens is 290 g/mol. The van der Waals surface area contributed by atoms with Gasteiger partial charge in [0.2, 0.25) is 0 Å².